The van der Waals surface area contributed by atoms with Gasteiger partial charge in [-0.05, 0) is 12.8 Å². The van der Waals surface area contributed by atoms with Crippen LogP contribution >= 0.6 is 0 Å². The molecule has 2 amide bonds. The Kier molecular flexibility index (Phi) is 5.87. The highest BCUT2D eigenvalue weighted by Crippen LogP contribution is 2.08. The van der Waals surface area contributed by atoms with Crippen LogP contribution in [0.2, 0.25) is 0 Å². The molecule has 18 heavy (non-hydrogen) atoms. The van der Waals surface area contributed by atoms with E-state index in [1.54, 1.807) is 4.90 Å². The van der Waals surface area contributed by atoms with Crippen molar-refractivity contribution in [1.82, 2.24) is 10.2 Å². The van der Waals surface area contributed by atoms with E-state index in [4.69, 9.17) is 14.9 Å². The van der Waals surface area contributed by atoms with E-state index in [9.17, 15) is 9.59 Å². The molecular formula is C11H20N2O5. The number of rotatable bonds is 4. The van der Waals surface area contributed by atoms with Crippen molar-refractivity contribution in [3.05, 3.63) is 0 Å². The topological polar surface area (TPSA) is 99.1 Å². The fourth-order valence-electron chi connectivity index (χ4n) is 1.71. The highest BCUT2D eigenvalue weighted by Gasteiger charge is 2.22. The van der Waals surface area contributed by atoms with E-state index < -0.39 is 12.1 Å². The molecule has 1 rings (SSSR count). The number of aliphatic hydroxyl groups excluding tert-OH is 1. The predicted octanol–water partition coefficient (Wildman–Crippen LogP) is -0.358. The molecule has 2 unspecified atom stereocenters. The Morgan fingerprint density at radius 3 is 2.89 bits per heavy atom. The van der Waals surface area contributed by atoms with E-state index in [0.717, 1.165) is 12.8 Å². The number of urea groups is 1. The van der Waals surface area contributed by atoms with Crippen LogP contribution in [0.5, 0.6) is 0 Å². The molecule has 0 aromatic rings. The first-order valence-electron chi connectivity index (χ1n) is 6.09. The first kappa shape index (κ1) is 14.7. The number of hydrogen-bond donors (Lipinski definition) is 3. The number of aliphatic carboxylic acids is 1. The molecular weight excluding hydrogens is 240 g/mol. The number of carboxylic acid groups (broad SMARTS) is 1. The zero-order chi connectivity index (χ0) is 13.5. The van der Waals surface area contributed by atoms with Crippen molar-refractivity contribution in [2.75, 3.05) is 26.2 Å². The molecule has 1 heterocycles. The molecule has 0 aromatic carbocycles. The Labute approximate surface area is 106 Å². The predicted molar refractivity (Wildman–Crippen MR) is 63.3 cm³/mol. The second kappa shape index (κ2) is 7.17. The second-order valence-corrected chi connectivity index (χ2v) is 4.24. The lowest BCUT2D eigenvalue weighted by Crippen LogP contribution is -2.46. The molecule has 1 aliphatic heterocycles. The van der Waals surface area contributed by atoms with Crippen LogP contribution in [-0.4, -0.2) is 65.6 Å². The van der Waals surface area contributed by atoms with E-state index in [1.807, 2.05) is 6.92 Å². The standard InChI is InChI=1S/C11H20N2O5/c1-2-8-7-13(4-3-5-18-8)11(17)12-6-9(14)10(15)16/h8-9,14H,2-7H2,1H3,(H,12,17)(H,15,16). The van der Waals surface area contributed by atoms with Crippen LogP contribution < -0.4 is 5.32 Å². The summed E-state index contributed by atoms with van der Waals surface area (Å²) >= 11 is 0. The Hall–Kier alpha value is -1.34. The van der Waals surface area contributed by atoms with Crippen LogP contribution in [0, 0.1) is 0 Å². The Bertz CT molecular complexity index is 297. The summed E-state index contributed by atoms with van der Waals surface area (Å²) in [6, 6.07) is -0.362. The largest absolute Gasteiger partial charge is 0.479 e. The van der Waals surface area contributed by atoms with Crippen LogP contribution in [0.25, 0.3) is 0 Å². The van der Waals surface area contributed by atoms with Crippen molar-refractivity contribution < 1.29 is 24.5 Å². The van der Waals surface area contributed by atoms with Crippen molar-refractivity contribution in [3.8, 4) is 0 Å². The van der Waals surface area contributed by atoms with Gasteiger partial charge in [0.1, 0.15) is 0 Å². The van der Waals surface area contributed by atoms with Crippen molar-refractivity contribution in [2.24, 2.45) is 0 Å². The van der Waals surface area contributed by atoms with Gasteiger partial charge in [0.05, 0.1) is 12.6 Å². The third-order valence-corrected chi connectivity index (χ3v) is 2.82. The molecule has 0 bridgehead atoms. The number of nitrogens with one attached hydrogen (secondary N) is 1. The van der Waals surface area contributed by atoms with E-state index in [0.29, 0.717) is 19.7 Å². The lowest BCUT2D eigenvalue weighted by atomic mass is 10.2. The van der Waals surface area contributed by atoms with E-state index >= 15 is 0 Å². The third-order valence-electron chi connectivity index (χ3n) is 2.82. The van der Waals surface area contributed by atoms with Crippen LogP contribution in [0.1, 0.15) is 19.8 Å². The fourth-order valence-corrected chi connectivity index (χ4v) is 1.71. The second-order valence-electron chi connectivity index (χ2n) is 4.24. The molecule has 104 valence electrons. The Balaban J connectivity index is 2.42. The van der Waals surface area contributed by atoms with Crippen LogP contribution in [-0.2, 0) is 9.53 Å². The van der Waals surface area contributed by atoms with E-state index in [2.05, 4.69) is 5.32 Å². The van der Waals surface area contributed by atoms with Gasteiger partial charge in [0.15, 0.2) is 6.10 Å². The van der Waals surface area contributed by atoms with Crippen LogP contribution in [0.3, 0.4) is 0 Å². The summed E-state index contributed by atoms with van der Waals surface area (Å²) in [5, 5.41) is 20.0. The quantitative estimate of drug-likeness (QED) is 0.641. The molecule has 0 radical (unpaired) electrons. The summed E-state index contributed by atoms with van der Waals surface area (Å²) in [5.74, 6) is -1.35. The van der Waals surface area contributed by atoms with Crippen molar-refractivity contribution in [3.63, 3.8) is 0 Å². The fraction of sp³-hybridized carbons (Fsp3) is 0.818. The minimum atomic E-state index is -1.57. The molecule has 0 saturated carbocycles. The summed E-state index contributed by atoms with van der Waals surface area (Å²) in [4.78, 5) is 23.8. The molecule has 1 saturated heterocycles. The number of carboxylic acids is 1. The molecule has 2 atom stereocenters. The van der Waals surface area contributed by atoms with Gasteiger partial charge in [-0.2, -0.15) is 0 Å². The third kappa shape index (κ3) is 4.50. The molecule has 0 spiro atoms. The maximum atomic E-state index is 11.8. The summed E-state index contributed by atoms with van der Waals surface area (Å²) in [5.41, 5.74) is 0. The summed E-state index contributed by atoms with van der Waals surface area (Å²) in [7, 11) is 0. The van der Waals surface area contributed by atoms with Gasteiger partial charge in [-0.15, -0.1) is 0 Å². The number of hydrogen-bond acceptors (Lipinski definition) is 4. The number of carbonyl (C=O) groups excluding carboxylic acids is 1. The monoisotopic (exact) mass is 260 g/mol. The Morgan fingerprint density at radius 1 is 1.56 bits per heavy atom. The van der Waals surface area contributed by atoms with Crippen molar-refractivity contribution in [1.29, 1.82) is 0 Å². The minimum absolute atomic E-state index is 0.0163. The zero-order valence-corrected chi connectivity index (χ0v) is 10.5. The zero-order valence-electron chi connectivity index (χ0n) is 10.5. The van der Waals surface area contributed by atoms with Crippen LogP contribution in [0.4, 0.5) is 4.79 Å². The summed E-state index contributed by atoms with van der Waals surface area (Å²) in [6.45, 7) is 3.39. The molecule has 3 N–H and O–H groups in total. The average Bonchev–Trinajstić information content (AvgIpc) is 2.60. The minimum Gasteiger partial charge on any atom is -0.479 e. The van der Waals surface area contributed by atoms with Gasteiger partial charge in [0.25, 0.3) is 0 Å². The number of carbonyl (C=O) groups is 2. The van der Waals surface area contributed by atoms with Gasteiger partial charge < -0.3 is 25.2 Å². The number of aliphatic hydroxyl groups is 1. The molecule has 7 heteroatoms. The number of nitrogens with zero attached hydrogens (tertiary/aromatic N) is 1. The first-order chi connectivity index (χ1) is 8.54. The lowest BCUT2D eigenvalue weighted by molar-refractivity contribution is -0.146. The lowest BCUT2D eigenvalue weighted by Gasteiger charge is -2.23. The molecule has 1 fully saturated rings. The molecule has 0 aromatic heterocycles. The van der Waals surface area contributed by atoms with E-state index in [1.165, 1.54) is 0 Å². The number of amides is 2. The SMILES string of the molecule is CCC1CN(C(=O)NCC(O)C(=O)O)CCCO1. The van der Waals surface area contributed by atoms with Gasteiger partial charge in [0, 0.05) is 19.7 Å². The van der Waals surface area contributed by atoms with Gasteiger partial charge in [0.2, 0.25) is 0 Å². The van der Waals surface area contributed by atoms with Crippen molar-refractivity contribution >= 4 is 12.0 Å². The molecule has 7 nitrogen and oxygen atoms in total. The van der Waals surface area contributed by atoms with Crippen molar-refractivity contribution in [2.45, 2.75) is 32.0 Å². The van der Waals surface area contributed by atoms with Gasteiger partial charge >= 0.3 is 12.0 Å². The average molecular weight is 260 g/mol. The van der Waals surface area contributed by atoms with Crippen LogP contribution in [0.15, 0.2) is 0 Å². The molecule has 1 aliphatic rings. The highest BCUT2D eigenvalue weighted by molar-refractivity contribution is 5.76. The van der Waals surface area contributed by atoms with Gasteiger partial charge in [-0.3, -0.25) is 0 Å². The highest BCUT2D eigenvalue weighted by atomic mass is 16.5. The summed E-state index contributed by atoms with van der Waals surface area (Å²) in [6.07, 6.45) is 0.0224. The smallest absolute Gasteiger partial charge is 0.334 e. The molecule has 0 aliphatic carbocycles. The maximum Gasteiger partial charge on any atom is 0.334 e. The maximum absolute atomic E-state index is 11.8. The Morgan fingerprint density at radius 2 is 2.28 bits per heavy atom. The first-order valence-corrected chi connectivity index (χ1v) is 6.09. The number of ether oxygens (including phenoxy) is 1. The van der Waals surface area contributed by atoms with Gasteiger partial charge in [-0.1, -0.05) is 6.92 Å². The van der Waals surface area contributed by atoms with Gasteiger partial charge in [-0.25, -0.2) is 9.59 Å². The van der Waals surface area contributed by atoms with E-state index in [-0.39, 0.29) is 18.7 Å². The normalized spacial score (nSPS) is 22.1. The summed E-state index contributed by atoms with van der Waals surface area (Å²) < 4.78 is 5.53.